The molecule has 0 aromatic heterocycles. The number of aryl methyl sites for hydroxylation is 2. The average Bonchev–Trinajstić information content (AvgIpc) is 2.95. The van der Waals surface area contributed by atoms with Crippen molar-refractivity contribution in [2.75, 3.05) is 25.1 Å². The Morgan fingerprint density at radius 3 is 2.00 bits per heavy atom. The van der Waals surface area contributed by atoms with Gasteiger partial charge in [-0.15, -0.1) is 0 Å². The van der Waals surface area contributed by atoms with E-state index in [4.69, 9.17) is 9.47 Å². The third kappa shape index (κ3) is 6.77. The van der Waals surface area contributed by atoms with Crippen LogP contribution in [0.4, 0.5) is 11.4 Å². The van der Waals surface area contributed by atoms with Gasteiger partial charge in [-0.25, -0.2) is 13.2 Å². The Labute approximate surface area is 247 Å². The molecule has 43 heavy (non-hydrogen) atoms. The number of carboxylic acids is 1. The molecule has 0 saturated carbocycles. The van der Waals surface area contributed by atoms with E-state index in [1.165, 1.54) is 45.4 Å². The summed E-state index contributed by atoms with van der Waals surface area (Å²) >= 11 is -2.60. The number of hydrogen-bond acceptors (Lipinski definition) is 13. The molecule has 14 nitrogen and oxygen atoms in total. The molecule has 0 aliphatic carbocycles. The van der Waals surface area contributed by atoms with Crippen LogP contribution in [-0.4, -0.2) is 42.5 Å². The van der Waals surface area contributed by atoms with E-state index in [1.807, 2.05) is 0 Å². The molecule has 3 rings (SSSR count). The van der Waals surface area contributed by atoms with Crippen LogP contribution in [-0.2, 0) is 20.9 Å². The quantitative estimate of drug-likeness (QED) is 0.202. The molecule has 0 radical (unpaired) electrons. The van der Waals surface area contributed by atoms with Crippen LogP contribution in [0, 0.1) is 13.8 Å². The molecule has 0 aliphatic heterocycles. The van der Waals surface area contributed by atoms with Gasteiger partial charge in [-0.2, -0.15) is 10.2 Å². The lowest BCUT2D eigenvalue weighted by Gasteiger charge is -2.16. The number of nitrogens with one attached hydrogen (secondary N) is 2. The summed E-state index contributed by atoms with van der Waals surface area (Å²) in [6, 6.07) is 6.06. The van der Waals surface area contributed by atoms with E-state index in [9.17, 15) is 36.7 Å². The Morgan fingerprint density at radius 1 is 0.953 bits per heavy atom. The van der Waals surface area contributed by atoms with E-state index in [-0.39, 0.29) is 43.8 Å². The molecule has 0 bridgehead atoms. The second-order valence-corrected chi connectivity index (χ2v) is 11.6. The number of carbonyl (C=O) groups is 1. The summed E-state index contributed by atoms with van der Waals surface area (Å²) in [4.78, 5) is 37.6. The van der Waals surface area contributed by atoms with Gasteiger partial charge in [0.25, 0.3) is 0 Å². The van der Waals surface area contributed by atoms with Crippen molar-refractivity contribution in [3.8, 4) is 11.5 Å². The van der Waals surface area contributed by atoms with Crippen LogP contribution >= 0.6 is 0 Å². The van der Waals surface area contributed by atoms with Crippen molar-refractivity contribution in [2.24, 2.45) is 10.2 Å². The molecule has 226 valence electrons. The number of ether oxygens (including phenoxy) is 2. The maximum atomic E-state index is 13.3. The molecule has 0 heterocycles. The van der Waals surface area contributed by atoms with Gasteiger partial charge in [0, 0.05) is 22.4 Å². The van der Waals surface area contributed by atoms with Gasteiger partial charge in [-0.05, 0) is 59.8 Å². The van der Waals surface area contributed by atoms with Gasteiger partial charge in [0.05, 0.1) is 36.1 Å². The van der Waals surface area contributed by atoms with E-state index in [1.54, 1.807) is 6.92 Å². The summed E-state index contributed by atoms with van der Waals surface area (Å²) < 4.78 is 57.8. The van der Waals surface area contributed by atoms with Gasteiger partial charge in [-0.3, -0.25) is 24.6 Å². The summed E-state index contributed by atoms with van der Waals surface area (Å²) in [5.74, 6) is -1.51. The Morgan fingerprint density at radius 2 is 1.49 bits per heavy atom. The van der Waals surface area contributed by atoms with E-state index in [2.05, 4.69) is 34.2 Å². The first-order valence-corrected chi connectivity index (χ1v) is 14.5. The fourth-order valence-corrected chi connectivity index (χ4v) is 5.24. The normalized spacial score (nSPS) is 12.9. The fourth-order valence-electron chi connectivity index (χ4n) is 3.88. The van der Waals surface area contributed by atoms with Crippen LogP contribution in [0.3, 0.4) is 0 Å². The van der Waals surface area contributed by atoms with E-state index < -0.39 is 54.0 Å². The van der Waals surface area contributed by atoms with Crippen LogP contribution in [0.2, 0.25) is 0 Å². The van der Waals surface area contributed by atoms with Gasteiger partial charge in [0.15, 0.2) is 15.2 Å². The Hall–Kier alpha value is -4.93. The van der Waals surface area contributed by atoms with Gasteiger partial charge in [-0.1, -0.05) is 13.2 Å². The van der Waals surface area contributed by atoms with E-state index in [0.717, 1.165) is 5.41 Å². The second kappa shape index (κ2) is 12.9. The number of rotatable bonds is 11. The largest absolute Gasteiger partial charge is 0.768 e. The van der Waals surface area contributed by atoms with Crippen LogP contribution in [0.15, 0.2) is 73.6 Å². The molecule has 3 aromatic rings. The second-order valence-electron chi connectivity index (χ2n) is 8.76. The first-order chi connectivity index (χ1) is 20.2. The zero-order valence-corrected chi connectivity index (χ0v) is 24.8. The van der Waals surface area contributed by atoms with E-state index in [0.29, 0.717) is 11.6 Å². The number of hydrogen-bond donors (Lipinski definition) is 3. The molecular weight excluding hydrogens is 604 g/mol. The highest BCUT2D eigenvalue weighted by Gasteiger charge is 2.18. The zero-order valence-electron chi connectivity index (χ0n) is 23.2. The van der Waals surface area contributed by atoms with Crippen LogP contribution in [0.25, 0.3) is 4.91 Å². The third-order valence-electron chi connectivity index (χ3n) is 6.07. The predicted molar refractivity (Wildman–Crippen MR) is 157 cm³/mol. The minimum Gasteiger partial charge on any atom is -0.768 e. The minimum atomic E-state index is -3.82. The lowest BCUT2D eigenvalue weighted by Crippen LogP contribution is -2.50. The molecule has 16 heteroatoms. The summed E-state index contributed by atoms with van der Waals surface area (Å²) in [5.41, 5.74) is 3.36. The smallest absolute Gasteiger partial charge is 0.338 e. The highest BCUT2D eigenvalue weighted by molar-refractivity contribution is 7.94. The Bertz CT molecular complexity index is 2030. The minimum absolute atomic E-state index is 0.0119. The van der Waals surface area contributed by atoms with Gasteiger partial charge < -0.3 is 19.1 Å². The first kappa shape index (κ1) is 32.6. The summed E-state index contributed by atoms with van der Waals surface area (Å²) in [5, 5.41) is 16.8. The first-order valence-electron chi connectivity index (χ1n) is 11.9. The molecule has 3 N–H and O–H groups in total. The van der Waals surface area contributed by atoms with Gasteiger partial charge in [0.2, 0.25) is 10.9 Å². The van der Waals surface area contributed by atoms with Crippen molar-refractivity contribution in [1.29, 1.82) is 0 Å². The number of nitrogens with zero attached hydrogens (tertiary/aromatic N) is 2. The molecule has 0 fully saturated rings. The van der Waals surface area contributed by atoms with Crippen molar-refractivity contribution in [1.82, 2.24) is 0 Å². The lowest BCUT2D eigenvalue weighted by atomic mass is 10.1. The maximum Gasteiger partial charge on any atom is 0.338 e. The molecule has 0 saturated heterocycles. The number of benzene rings is 3. The number of anilines is 2. The molecule has 1 atom stereocenters. The monoisotopic (exact) mass is 629 g/mol. The van der Waals surface area contributed by atoms with Crippen LogP contribution < -0.4 is 41.9 Å². The van der Waals surface area contributed by atoms with E-state index >= 15 is 0 Å². The van der Waals surface area contributed by atoms with Crippen molar-refractivity contribution >= 4 is 43.2 Å². The highest BCUT2D eigenvalue weighted by atomic mass is 32.2. The fraction of sp³-hybridized carbons (Fsp3) is 0.148. The Balaban J connectivity index is 2.18. The van der Waals surface area contributed by atoms with Gasteiger partial charge >= 0.3 is 5.97 Å². The molecule has 0 aliphatic rings. The number of methoxy groups -OCH3 is 2. The average molecular weight is 630 g/mol. The van der Waals surface area contributed by atoms with Crippen molar-refractivity contribution in [3.05, 3.63) is 102 Å². The van der Waals surface area contributed by atoms with Crippen molar-refractivity contribution < 1.29 is 36.6 Å². The summed E-state index contributed by atoms with van der Waals surface area (Å²) in [6.45, 7) is 9.90. The zero-order chi connectivity index (χ0) is 32.2. The van der Waals surface area contributed by atoms with Crippen molar-refractivity contribution in [2.45, 2.75) is 18.7 Å². The lowest BCUT2D eigenvalue weighted by molar-refractivity contribution is 0.0694. The summed E-state index contributed by atoms with van der Waals surface area (Å²) in [7, 11) is -1.26. The predicted octanol–water partition coefficient (Wildman–Crippen LogP) is 1.24. The number of carboxylic acid groups (broad SMARTS) is 1. The SMILES string of the molecule is C=CS(=O)(=O)c1cc(OC)c(N/N=c2\c(=O)cc(C(=O)O)/c(=N/Nc3cc(C)c(C(=C)S(=O)[O-])cc3OC)c2=O)cc1C. The van der Waals surface area contributed by atoms with Crippen LogP contribution in [0.1, 0.15) is 27.0 Å². The maximum absolute atomic E-state index is 13.3. The highest BCUT2D eigenvalue weighted by Crippen LogP contribution is 2.33. The molecule has 0 spiro atoms. The topological polar surface area (TPSA) is 213 Å². The Kier molecular flexibility index (Phi) is 9.80. The molecular formula is C27H25N4O10S2-. The number of sulfone groups is 1. The standard InChI is InChI=1S/C27H26N4O10S2/c1-7-43(38,39)23-12-22(41-6)19(9-14(23)3)29-31-25-20(32)10-17(27(34)35)24(26(25)33)30-28-18-8-13(2)16(11-21(18)40-5)15(4)42(36)37/h7-12,28-29H,1,4H2,2-3,5-6H3,(H,34,35)(H,36,37)/p-1/b30-24-,31-25+. The van der Waals surface area contributed by atoms with Gasteiger partial charge in [0.1, 0.15) is 16.9 Å². The molecule has 3 aromatic carbocycles. The molecule has 1 unspecified atom stereocenters. The third-order valence-corrected chi connectivity index (χ3v) is 8.19. The molecule has 0 amide bonds. The summed E-state index contributed by atoms with van der Waals surface area (Å²) in [6.07, 6.45) is 0. The van der Waals surface area contributed by atoms with Crippen LogP contribution in [0.5, 0.6) is 11.5 Å². The number of aromatic carboxylic acids is 1. The van der Waals surface area contributed by atoms with Crippen molar-refractivity contribution in [3.63, 3.8) is 0 Å².